The summed E-state index contributed by atoms with van der Waals surface area (Å²) in [5, 5.41) is 5.60. The lowest BCUT2D eigenvalue weighted by Gasteiger charge is -2.25. The topological polar surface area (TPSA) is 78.7 Å². The van der Waals surface area contributed by atoms with Crippen molar-refractivity contribution in [2.45, 2.75) is 50.7 Å². The number of methoxy groups -OCH3 is 1. The first-order valence-electron chi connectivity index (χ1n) is 14.6. The van der Waals surface area contributed by atoms with Gasteiger partial charge in [0.1, 0.15) is 34.4 Å². The van der Waals surface area contributed by atoms with Gasteiger partial charge in [-0.2, -0.15) is 5.10 Å². The Kier molecular flexibility index (Phi) is 6.57. The number of hydrogen-bond donors (Lipinski definition) is 0. The van der Waals surface area contributed by atoms with Gasteiger partial charge < -0.3 is 19.1 Å². The van der Waals surface area contributed by atoms with Gasteiger partial charge in [-0.25, -0.2) is 22.4 Å². The van der Waals surface area contributed by atoms with Crippen molar-refractivity contribution < 1.29 is 36.6 Å². The Morgan fingerprint density at radius 1 is 1.18 bits per heavy atom. The molecule has 3 fully saturated rings. The number of terminal acetylenes is 1. The molecule has 0 bridgehead atoms. The van der Waals surface area contributed by atoms with Gasteiger partial charge in [0.15, 0.2) is 12.6 Å². The third kappa shape index (κ3) is 4.84. The first-order valence-corrected chi connectivity index (χ1v) is 14.6. The maximum atomic E-state index is 16.8. The van der Waals surface area contributed by atoms with Crippen LogP contribution >= 0.6 is 0 Å². The number of carbonyl (C=O) groups is 1. The molecule has 1 saturated heterocycles. The van der Waals surface area contributed by atoms with Crippen LogP contribution in [0.1, 0.15) is 50.4 Å². The van der Waals surface area contributed by atoms with E-state index in [4.69, 9.17) is 20.6 Å². The van der Waals surface area contributed by atoms with Crippen molar-refractivity contribution in [3.8, 4) is 29.4 Å². The van der Waals surface area contributed by atoms with Crippen molar-refractivity contribution in [3.63, 3.8) is 0 Å². The summed E-state index contributed by atoms with van der Waals surface area (Å²) in [6.07, 6.45) is 6.22. The number of fused-ring (bicyclic) bond motifs is 3. The molecule has 234 valence electrons. The fourth-order valence-electron chi connectivity index (χ4n) is 6.59. The number of rotatable bonds is 6. The van der Waals surface area contributed by atoms with E-state index in [9.17, 15) is 18.0 Å². The molecule has 2 aliphatic carbocycles. The van der Waals surface area contributed by atoms with Crippen LogP contribution in [-0.4, -0.2) is 64.3 Å². The molecule has 2 aromatic heterocycles. The number of hydrogen-bond acceptors (Lipinski definition) is 6. The monoisotopic (exact) mass is 622 g/mol. The molecule has 3 heterocycles. The van der Waals surface area contributed by atoms with Crippen molar-refractivity contribution in [2.24, 2.45) is 11.8 Å². The minimum absolute atomic E-state index is 0.0336. The van der Waals surface area contributed by atoms with Crippen LogP contribution in [0.3, 0.4) is 0 Å². The van der Waals surface area contributed by atoms with Gasteiger partial charge >= 0.3 is 6.09 Å². The third-order valence-electron chi connectivity index (χ3n) is 8.75. The van der Waals surface area contributed by atoms with E-state index in [2.05, 4.69) is 16.0 Å². The number of pyridine rings is 1. The van der Waals surface area contributed by atoms with E-state index >= 15 is 4.39 Å². The molecule has 2 aromatic carbocycles. The molecule has 1 aliphatic heterocycles. The van der Waals surface area contributed by atoms with Crippen LogP contribution in [0.25, 0.3) is 32.9 Å². The fraction of sp³-hybridized carbons (Fsp3) is 0.424. The molecule has 0 N–H and O–H groups in total. The first kappa shape index (κ1) is 29.3. The Labute approximate surface area is 256 Å². The van der Waals surface area contributed by atoms with Crippen LogP contribution in [-0.2, 0) is 9.47 Å². The molecule has 7 rings (SSSR count). The van der Waals surface area contributed by atoms with E-state index in [1.165, 1.54) is 31.5 Å². The highest BCUT2D eigenvalue weighted by molar-refractivity contribution is 6.02. The zero-order valence-corrected chi connectivity index (χ0v) is 25.0. The second-order valence-electron chi connectivity index (χ2n) is 12.9. The zero-order valence-electron chi connectivity index (χ0n) is 25.0. The lowest BCUT2D eigenvalue weighted by atomic mass is 9.95. The van der Waals surface area contributed by atoms with E-state index in [1.54, 1.807) is 31.7 Å². The van der Waals surface area contributed by atoms with Crippen LogP contribution in [0.5, 0.6) is 5.75 Å². The Balaban J connectivity index is 1.33. The number of carbonyl (C=O) groups excluding carboxylic acids is 1. The van der Waals surface area contributed by atoms with Crippen molar-refractivity contribution in [1.29, 1.82) is 0 Å². The summed E-state index contributed by atoms with van der Waals surface area (Å²) < 4.78 is 77.8. The molecule has 45 heavy (non-hydrogen) atoms. The smallest absolute Gasteiger partial charge is 0.410 e. The van der Waals surface area contributed by atoms with E-state index in [-0.39, 0.29) is 52.3 Å². The summed E-state index contributed by atoms with van der Waals surface area (Å²) in [5.41, 5.74) is -0.435. The van der Waals surface area contributed by atoms with Crippen molar-refractivity contribution in [3.05, 3.63) is 53.4 Å². The molecule has 8 nitrogen and oxygen atoms in total. The summed E-state index contributed by atoms with van der Waals surface area (Å²) in [6, 6.07) is 4.48. The second-order valence-corrected chi connectivity index (χ2v) is 12.9. The highest BCUT2D eigenvalue weighted by Gasteiger charge is 2.62. The normalized spacial score (nSPS) is 23.2. The Morgan fingerprint density at radius 2 is 1.89 bits per heavy atom. The average Bonchev–Trinajstić information content (AvgIpc) is 3.66. The molecule has 3 unspecified atom stereocenters. The number of nitrogens with zero attached hydrogens (tertiary/aromatic N) is 4. The number of benzene rings is 2. The highest BCUT2D eigenvalue weighted by Crippen LogP contribution is 2.60. The molecule has 4 aromatic rings. The summed E-state index contributed by atoms with van der Waals surface area (Å²) in [4.78, 5) is 18.7. The van der Waals surface area contributed by atoms with Gasteiger partial charge in [-0.3, -0.25) is 9.67 Å². The summed E-state index contributed by atoms with van der Waals surface area (Å²) in [5.74, 6) is -2.05. The van der Waals surface area contributed by atoms with Gasteiger partial charge in [0.05, 0.1) is 11.3 Å². The van der Waals surface area contributed by atoms with Crippen molar-refractivity contribution in [2.75, 3.05) is 27.0 Å². The van der Waals surface area contributed by atoms with E-state index in [1.807, 2.05) is 0 Å². The second kappa shape index (κ2) is 10.1. The van der Waals surface area contributed by atoms with Crippen LogP contribution in [0.4, 0.5) is 22.4 Å². The van der Waals surface area contributed by atoms with Crippen LogP contribution in [0.15, 0.2) is 30.5 Å². The Morgan fingerprint density at radius 3 is 2.51 bits per heavy atom. The molecule has 0 spiro atoms. The number of halogens is 4. The van der Waals surface area contributed by atoms with Crippen molar-refractivity contribution in [1.82, 2.24) is 19.7 Å². The van der Waals surface area contributed by atoms with Crippen LogP contribution in [0, 0.1) is 35.8 Å². The maximum absolute atomic E-state index is 16.8. The molecule has 3 aliphatic rings. The molecule has 0 radical (unpaired) electrons. The minimum Gasteiger partial charge on any atom is -0.468 e. The predicted octanol–water partition coefficient (Wildman–Crippen LogP) is 6.65. The Hall–Kier alpha value is -4.37. The maximum Gasteiger partial charge on any atom is 0.410 e. The van der Waals surface area contributed by atoms with Gasteiger partial charge in [0.2, 0.25) is 0 Å². The molecule has 12 heteroatoms. The van der Waals surface area contributed by atoms with E-state index < -0.39 is 41.7 Å². The van der Waals surface area contributed by atoms with E-state index in [0.29, 0.717) is 35.3 Å². The number of piperidine rings is 1. The van der Waals surface area contributed by atoms with Crippen molar-refractivity contribution >= 4 is 27.8 Å². The molecular formula is C33H30F4N4O4. The summed E-state index contributed by atoms with van der Waals surface area (Å²) in [6.45, 7) is 6.12. The number of likely N-dealkylation sites (tertiary alicyclic amines) is 1. The van der Waals surface area contributed by atoms with Gasteiger partial charge in [0.25, 0.3) is 5.92 Å². The fourth-order valence-corrected chi connectivity index (χ4v) is 6.59. The molecule has 2 saturated carbocycles. The lowest BCUT2D eigenvalue weighted by Crippen LogP contribution is -2.36. The van der Waals surface area contributed by atoms with Gasteiger partial charge in [-0.1, -0.05) is 12.0 Å². The third-order valence-corrected chi connectivity index (χ3v) is 8.75. The van der Waals surface area contributed by atoms with Crippen LogP contribution in [0.2, 0.25) is 0 Å². The zero-order chi connectivity index (χ0) is 32.0. The number of ether oxygens (including phenoxy) is 3. The first-order chi connectivity index (χ1) is 21.3. The van der Waals surface area contributed by atoms with E-state index in [0.717, 1.165) is 4.68 Å². The number of amides is 1. The van der Waals surface area contributed by atoms with Gasteiger partial charge in [-0.05, 0) is 56.2 Å². The largest absolute Gasteiger partial charge is 0.468 e. The van der Waals surface area contributed by atoms with Gasteiger partial charge in [-0.15, -0.1) is 6.42 Å². The number of aromatic nitrogens is 3. The SMILES string of the molecule is C#Cc1c(F)ccc2cc(OCOC)cc(-c3ncc4c(C5C6CN(C(=O)OC(C)(C)C)CC65)nn(C5CC5(F)F)c4c3F)c12. The van der Waals surface area contributed by atoms with Crippen LogP contribution < -0.4 is 4.74 Å². The summed E-state index contributed by atoms with van der Waals surface area (Å²) in [7, 11) is 1.44. The summed E-state index contributed by atoms with van der Waals surface area (Å²) >= 11 is 0. The molecular weight excluding hydrogens is 592 g/mol. The lowest BCUT2D eigenvalue weighted by molar-refractivity contribution is 0.0270. The minimum atomic E-state index is -3.04. The standard InChI is InChI=1S/C33H30F4N4O4/c1-6-18-23(34)8-7-16-9-17(44-15-43-5)10-19(25(16)18)29-27(35)30-20(12-38-29)28(39-41(30)24-11-33(24,36)37)26-21-13-40(14-22(21)26)31(42)45-32(2,3)4/h1,7-10,12,21-22,24,26H,11,13-15H2,2-5H3. The van der Waals surface area contributed by atoms with Gasteiger partial charge in [0, 0.05) is 55.1 Å². The number of alkyl halides is 2. The Bertz CT molecular complexity index is 1920. The molecule has 1 amide bonds. The highest BCUT2D eigenvalue weighted by atomic mass is 19.3. The average molecular weight is 623 g/mol. The molecule has 3 atom stereocenters. The predicted molar refractivity (Wildman–Crippen MR) is 157 cm³/mol. The quantitative estimate of drug-likeness (QED) is 0.136.